The first kappa shape index (κ1) is 23.3. The van der Waals surface area contributed by atoms with Gasteiger partial charge in [0.05, 0.1) is 16.8 Å². The van der Waals surface area contributed by atoms with Gasteiger partial charge in [0.25, 0.3) is 17.4 Å². The Kier molecular flexibility index (Phi) is 5.80. The molecule has 180 valence electrons. The van der Waals surface area contributed by atoms with Gasteiger partial charge in [0.1, 0.15) is 22.9 Å². The lowest BCUT2D eigenvalue weighted by Gasteiger charge is -2.34. The maximum Gasteiger partial charge on any atom is 0.410 e. The summed E-state index contributed by atoms with van der Waals surface area (Å²) in [6.07, 6.45) is 0.754. The Balaban J connectivity index is 1.60. The molecule has 3 amide bonds. The molecule has 0 spiro atoms. The summed E-state index contributed by atoms with van der Waals surface area (Å²) in [6.45, 7) is 6.30. The molecule has 0 radical (unpaired) electrons. The highest BCUT2D eigenvalue weighted by molar-refractivity contribution is 6.23. The summed E-state index contributed by atoms with van der Waals surface area (Å²) in [5.41, 5.74) is 4.62. The van der Waals surface area contributed by atoms with E-state index in [0.29, 0.717) is 31.6 Å². The molecule has 1 aromatic carbocycles. The van der Waals surface area contributed by atoms with Crippen LogP contribution in [-0.2, 0) is 4.74 Å². The number of halogens is 1. The van der Waals surface area contributed by atoms with Crippen molar-refractivity contribution in [1.82, 2.24) is 14.8 Å². The van der Waals surface area contributed by atoms with Crippen molar-refractivity contribution in [2.24, 2.45) is 0 Å². The molecule has 0 aliphatic carbocycles. The molecule has 0 atom stereocenters. The number of likely N-dealkylation sites (tertiary alicyclic amines) is 1. The van der Waals surface area contributed by atoms with Gasteiger partial charge in [0.15, 0.2) is 0 Å². The van der Waals surface area contributed by atoms with Gasteiger partial charge >= 0.3 is 6.09 Å². The third kappa shape index (κ3) is 4.33. The minimum atomic E-state index is -0.744. The maximum atomic E-state index is 15.0. The Labute approximate surface area is 194 Å². The van der Waals surface area contributed by atoms with Crippen LogP contribution in [0.2, 0.25) is 0 Å². The number of pyridine rings is 1. The fourth-order valence-corrected chi connectivity index (χ4v) is 4.12. The lowest BCUT2D eigenvalue weighted by molar-refractivity contribution is 0.0210. The van der Waals surface area contributed by atoms with Crippen molar-refractivity contribution in [3.05, 3.63) is 51.6 Å². The van der Waals surface area contributed by atoms with E-state index < -0.39 is 28.8 Å². The first-order valence-corrected chi connectivity index (χ1v) is 10.9. The van der Waals surface area contributed by atoms with Crippen molar-refractivity contribution in [2.45, 2.75) is 45.3 Å². The van der Waals surface area contributed by atoms with Crippen molar-refractivity contribution in [3.8, 4) is 5.69 Å². The third-order valence-corrected chi connectivity index (χ3v) is 5.67. The van der Waals surface area contributed by atoms with Gasteiger partial charge in [-0.25, -0.2) is 9.18 Å². The van der Waals surface area contributed by atoms with Crippen LogP contribution in [-0.4, -0.2) is 52.1 Å². The molecule has 1 fully saturated rings. The van der Waals surface area contributed by atoms with Crippen molar-refractivity contribution >= 4 is 29.4 Å². The van der Waals surface area contributed by atoms with E-state index in [2.05, 4.69) is 10.6 Å². The van der Waals surface area contributed by atoms with Gasteiger partial charge in [-0.2, -0.15) is 0 Å². The lowest BCUT2D eigenvalue weighted by Crippen LogP contribution is -2.44. The molecule has 0 bridgehead atoms. The van der Waals surface area contributed by atoms with E-state index in [0.717, 1.165) is 10.6 Å². The van der Waals surface area contributed by atoms with Crippen molar-refractivity contribution in [3.63, 3.8) is 0 Å². The molecule has 4 rings (SSSR count). The Morgan fingerprint density at radius 3 is 2.50 bits per heavy atom. The predicted octanol–water partition coefficient (Wildman–Crippen LogP) is 2.25. The van der Waals surface area contributed by atoms with Crippen LogP contribution in [0.1, 0.15) is 54.3 Å². The smallest absolute Gasteiger partial charge is 0.410 e. The van der Waals surface area contributed by atoms with Gasteiger partial charge in [-0.15, -0.1) is 0 Å². The normalized spacial score (nSPS) is 16.3. The Hall–Kier alpha value is -3.89. The van der Waals surface area contributed by atoms with Crippen LogP contribution in [0.5, 0.6) is 0 Å². The van der Waals surface area contributed by atoms with E-state index in [1.54, 1.807) is 31.7 Å². The monoisotopic (exact) mass is 471 g/mol. The molecule has 1 aromatic heterocycles. The van der Waals surface area contributed by atoms with Gasteiger partial charge in [0, 0.05) is 25.2 Å². The van der Waals surface area contributed by atoms with Crippen molar-refractivity contribution in [1.29, 1.82) is 0 Å². The number of nitrogens with one attached hydrogen (secondary N) is 2. The van der Waals surface area contributed by atoms with Gasteiger partial charge in [-0.3, -0.25) is 24.3 Å². The average Bonchev–Trinajstić information content (AvgIpc) is 3.02. The number of hydrogen-bond acceptors (Lipinski definition) is 7. The van der Waals surface area contributed by atoms with Crippen LogP contribution in [0.25, 0.3) is 5.69 Å². The molecule has 2 aliphatic heterocycles. The second-order valence-electron chi connectivity index (χ2n) is 9.30. The van der Waals surface area contributed by atoms with E-state index in [1.165, 1.54) is 12.1 Å². The highest BCUT2D eigenvalue weighted by Crippen LogP contribution is 2.30. The topological polar surface area (TPSA) is 136 Å². The van der Waals surface area contributed by atoms with Gasteiger partial charge < -0.3 is 20.7 Å². The zero-order valence-corrected chi connectivity index (χ0v) is 19.1. The minimum absolute atomic E-state index is 0.115. The summed E-state index contributed by atoms with van der Waals surface area (Å²) in [4.78, 5) is 50.8. The molecule has 2 aliphatic rings. The standard InChI is InChI=1S/C23H26FN5O5/c1-23(2,3)34-22(33)28-9-7-12(8-10-28)26-15-6-4-5-14(24)18(15)29-16(30)11-13-17(19(29)25)21(32)27-20(13)31/h4-6,11-12,26H,7-10,25H2,1-3H3,(H,27,31,32). The number of ether oxygens (including phenoxy) is 1. The van der Waals surface area contributed by atoms with Crippen molar-refractivity contribution < 1.29 is 23.5 Å². The molecule has 1 saturated heterocycles. The van der Waals surface area contributed by atoms with Gasteiger partial charge in [-0.05, 0) is 45.7 Å². The number of nitrogen functional groups attached to an aromatic ring is 1. The van der Waals surface area contributed by atoms with Gasteiger partial charge in [-0.1, -0.05) is 6.07 Å². The van der Waals surface area contributed by atoms with Gasteiger partial charge in [0.2, 0.25) is 0 Å². The number of piperidine rings is 1. The first-order valence-electron chi connectivity index (χ1n) is 10.9. The summed E-state index contributed by atoms with van der Waals surface area (Å²) < 4.78 is 21.3. The number of fused-ring (bicyclic) bond motifs is 1. The minimum Gasteiger partial charge on any atom is -0.444 e. The van der Waals surface area contributed by atoms with Crippen molar-refractivity contribution in [2.75, 3.05) is 24.1 Å². The second kappa shape index (κ2) is 8.47. The number of para-hydroxylation sites is 1. The number of amides is 3. The number of aromatic nitrogens is 1. The number of hydrogen-bond donors (Lipinski definition) is 3. The fourth-order valence-electron chi connectivity index (χ4n) is 4.12. The lowest BCUT2D eigenvalue weighted by atomic mass is 10.0. The summed E-state index contributed by atoms with van der Waals surface area (Å²) in [5.74, 6) is -2.51. The van der Waals surface area contributed by atoms with Crippen LogP contribution in [0.15, 0.2) is 29.1 Å². The number of nitrogens with two attached hydrogens (primary N) is 1. The number of benzene rings is 1. The fraction of sp³-hybridized carbons (Fsp3) is 0.391. The van der Waals surface area contributed by atoms with Crippen LogP contribution in [0.3, 0.4) is 0 Å². The largest absolute Gasteiger partial charge is 0.444 e. The molecule has 34 heavy (non-hydrogen) atoms. The molecule has 0 saturated carbocycles. The van der Waals surface area contributed by atoms with E-state index in [-0.39, 0.29) is 34.8 Å². The van der Waals surface area contributed by atoms with E-state index in [4.69, 9.17) is 10.5 Å². The Morgan fingerprint density at radius 2 is 1.85 bits per heavy atom. The van der Waals surface area contributed by atoms with Crippen LogP contribution < -0.4 is 21.9 Å². The van der Waals surface area contributed by atoms with E-state index >= 15 is 4.39 Å². The molecule has 11 heteroatoms. The molecule has 2 aromatic rings. The first-order chi connectivity index (χ1) is 16.0. The number of nitrogens with zero attached hydrogens (tertiary/aromatic N) is 2. The summed E-state index contributed by atoms with van der Waals surface area (Å²) in [5, 5.41) is 5.33. The molecule has 3 heterocycles. The predicted molar refractivity (Wildman–Crippen MR) is 123 cm³/mol. The number of carbonyl (C=O) groups excluding carboxylic acids is 3. The molecular formula is C23H26FN5O5. The zero-order chi connectivity index (χ0) is 24.8. The number of imide groups is 1. The van der Waals surface area contributed by atoms with Crippen LogP contribution in [0, 0.1) is 5.82 Å². The van der Waals surface area contributed by atoms with Crippen LogP contribution >= 0.6 is 0 Å². The Bertz CT molecular complexity index is 1240. The maximum absolute atomic E-state index is 15.0. The summed E-state index contributed by atoms with van der Waals surface area (Å²) in [7, 11) is 0. The third-order valence-electron chi connectivity index (χ3n) is 5.67. The average molecular weight is 471 g/mol. The second-order valence-corrected chi connectivity index (χ2v) is 9.30. The SMILES string of the molecule is CC(C)(C)OC(=O)N1CCC(Nc2cccc(F)c2-n2c(N)c3c(cc2=O)C(=O)NC3=O)CC1. The summed E-state index contributed by atoms with van der Waals surface area (Å²) in [6, 6.07) is 5.12. The molecule has 10 nitrogen and oxygen atoms in total. The van der Waals surface area contributed by atoms with E-state index in [9.17, 15) is 19.2 Å². The summed E-state index contributed by atoms with van der Waals surface area (Å²) >= 11 is 0. The number of rotatable bonds is 3. The molecular weight excluding hydrogens is 445 g/mol. The van der Waals surface area contributed by atoms with E-state index in [1.807, 2.05) is 0 Å². The highest BCUT2D eigenvalue weighted by Gasteiger charge is 2.33. The number of carbonyl (C=O) groups is 3. The zero-order valence-electron chi connectivity index (χ0n) is 19.1. The Morgan fingerprint density at radius 1 is 1.18 bits per heavy atom. The number of anilines is 2. The quantitative estimate of drug-likeness (QED) is 0.584. The molecule has 0 unspecified atom stereocenters. The highest BCUT2D eigenvalue weighted by atomic mass is 19.1. The van der Waals surface area contributed by atoms with Crippen LogP contribution in [0.4, 0.5) is 20.7 Å². The molecule has 4 N–H and O–H groups in total.